The van der Waals surface area contributed by atoms with E-state index in [2.05, 4.69) is 9.97 Å². The lowest BCUT2D eigenvalue weighted by Gasteiger charge is -2.10. The molecule has 0 radical (unpaired) electrons. The highest BCUT2D eigenvalue weighted by Gasteiger charge is 2.15. The fourth-order valence-corrected chi connectivity index (χ4v) is 2.66. The molecule has 0 aliphatic rings. The van der Waals surface area contributed by atoms with Gasteiger partial charge in [-0.3, -0.25) is 0 Å². The molecule has 0 saturated heterocycles. The Kier molecular flexibility index (Phi) is 5.92. The number of aliphatic hydroxyl groups excluding tert-OH is 1. The average Bonchev–Trinajstić information content (AvgIpc) is 3.15. The number of rotatable bonds is 7. The van der Waals surface area contributed by atoms with E-state index in [1.165, 1.54) is 0 Å². The van der Waals surface area contributed by atoms with Crippen molar-refractivity contribution in [3.8, 4) is 11.8 Å². The molecule has 28 heavy (non-hydrogen) atoms. The predicted molar refractivity (Wildman–Crippen MR) is 104 cm³/mol. The summed E-state index contributed by atoms with van der Waals surface area (Å²) in [6, 6.07) is 16.5. The quantitative estimate of drug-likeness (QED) is 0.370. The van der Waals surface area contributed by atoms with Gasteiger partial charge in [0.2, 0.25) is 0 Å². The van der Waals surface area contributed by atoms with E-state index in [1.807, 2.05) is 49.4 Å². The molecule has 3 rings (SSSR count). The van der Waals surface area contributed by atoms with Gasteiger partial charge in [-0.15, -0.1) is 0 Å². The zero-order valence-electron chi connectivity index (χ0n) is 15.3. The summed E-state index contributed by atoms with van der Waals surface area (Å²) in [6.07, 6.45) is 0.776. The minimum atomic E-state index is -0.653. The number of aromatic amines is 1. The second kappa shape index (κ2) is 8.73. The van der Waals surface area contributed by atoms with Crippen LogP contribution in [0.1, 0.15) is 18.3 Å². The summed E-state index contributed by atoms with van der Waals surface area (Å²) in [5, 5.41) is 19.5. The Balaban J connectivity index is 1.63. The van der Waals surface area contributed by atoms with Gasteiger partial charge in [-0.2, -0.15) is 5.26 Å². The van der Waals surface area contributed by atoms with Crippen LogP contribution in [0.2, 0.25) is 0 Å². The summed E-state index contributed by atoms with van der Waals surface area (Å²) in [4.78, 5) is 19.1. The molecular formula is C21H19N3O4. The Morgan fingerprint density at radius 2 is 1.93 bits per heavy atom. The molecule has 0 amide bonds. The van der Waals surface area contributed by atoms with E-state index in [-0.39, 0.29) is 23.8 Å². The van der Waals surface area contributed by atoms with Gasteiger partial charge in [-0.05, 0) is 30.2 Å². The van der Waals surface area contributed by atoms with Crippen LogP contribution in [0.4, 0.5) is 0 Å². The topological polar surface area (TPSA) is 108 Å². The maximum Gasteiger partial charge on any atom is 0.344 e. The first kappa shape index (κ1) is 19.0. The molecule has 0 spiro atoms. The van der Waals surface area contributed by atoms with Crippen LogP contribution in [0.3, 0.4) is 0 Å². The van der Waals surface area contributed by atoms with Crippen molar-refractivity contribution >= 4 is 22.6 Å². The Hall–Kier alpha value is -3.79. The third-order valence-electron chi connectivity index (χ3n) is 4.10. The largest absolute Gasteiger partial charge is 0.507 e. The molecule has 3 aromatic rings. The first-order valence-corrected chi connectivity index (χ1v) is 8.76. The van der Waals surface area contributed by atoms with Crippen molar-refractivity contribution < 1.29 is 19.4 Å². The highest BCUT2D eigenvalue weighted by Crippen LogP contribution is 2.20. The van der Waals surface area contributed by atoms with Crippen LogP contribution in [-0.2, 0) is 16.0 Å². The SMILES string of the molecule is CCc1ccccc1OCC(=O)OC/C(O)=C(\C#N)c1nc2ccccc2[nH]1. The molecule has 142 valence electrons. The van der Waals surface area contributed by atoms with E-state index >= 15 is 0 Å². The van der Waals surface area contributed by atoms with Crippen LogP contribution in [0, 0.1) is 11.3 Å². The van der Waals surface area contributed by atoms with E-state index < -0.39 is 12.6 Å². The summed E-state index contributed by atoms with van der Waals surface area (Å²) < 4.78 is 10.5. The van der Waals surface area contributed by atoms with E-state index in [0.717, 1.165) is 17.5 Å². The maximum absolute atomic E-state index is 11.9. The highest BCUT2D eigenvalue weighted by atomic mass is 16.6. The number of benzene rings is 2. The molecule has 0 bridgehead atoms. The first-order chi connectivity index (χ1) is 13.6. The second-order valence-electron chi connectivity index (χ2n) is 5.95. The van der Waals surface area contributed by atoms with E-state index in [0.29, 0.717) is 11.3 Å². The van der Waals surface area contributed by atoms with Gasteiger partial charge >= 0.3 is 5.97 Å². The van der Waals surface area contributed by atoms with E-state index in [9.17, 15) is 15.2 Å². The standard InChI is InChI=1S/C21H19N3O4/c1-2-14-7-3-6-10-19(14)27-13-20(26)28-12-18(25)15(11-22)21-23-16-8-4-5-9-17(16)24-21/h3-10,25H,2,12-13H2,1H3,(H,23,24)/b18-15-. The van der Waals surface area contributed by atoms with Crippen LogP contribution in [0.5, 0.6) is 5.75 Å². The van der Waals surface area contributed by atoms with Gasteiger partial charge < -0.3 is 19.6 Å². The number of hydrogen-bond acceptors (Lipinski definition) is 6. The van der Waals surface area contributed by atoms with Gasteiger partial charge in [0, 0.05) is 0 Å². The number of fused-ring (bicyclic) bond motifs is 1. The molecule has 2 N–H and O–H groups in total. The number of ether oxygens (including phenoxy) is 2. The van der Waals surface area contributed by atoms with Crippen molar-refractivity contribution in [2.75, 3.05) is 13.2 Å². The van der Waals surface area contributed by atoms with Crippen molar-refractivity contribution in [2.45, 2.75) is 13.3 Å². The molecule has 0 fully saturated rings. The number of carbonyl (C=O) groups is 1. The van der Waals surface area contributed by atoms with Crippen LogP contribution in [-0.4, -0.2) is 34.3 Å². The summed E-state index contributed by atoms with van der Waals surface area (Å²) in [7, 11) is 0. The lowest BCUT2D eigenvalue weighted by molar-refractivity contribution is -0.145. The molecule has 7 heteroatoms. The van der Waals surface area contributed by atoms with Crippen molar-refractivity contribution in [3.63, 3.8) is 0 Å². The van der Waals surface area contributed by atoms with Crippen LogP contribution >= 0.6 is 0 Å². The van der Waals surface area contributed by atoms with Crippen LogP contribution < -0.4 is 4.74 Å². The number of esters is 1. The zero-order valence-corrected chi connectivity index (χ0v) is 15.3. The van der Waals surface area contributed by atoms with Gasteiger partial charge in [0.15, 0.2) is 18.2 Å². The number of allylic oxidation sites excluding steroid dienone is 1. The molecule has 0 unspecified atom stereocenters. The lowest BCUT2D eigenvalue weighted by Crippen LogP contribution is -2.17. The molecule has 0 aliphatic heterocycles. The third-order valence-corrected chi connectivity index (χ3v) is 4.10. The number of imidazole rings is 1. The summed E-state index contributed by atoms with van der Waals surface area (Å²) in [5.41, 5.74) is 2.30. The number of para-hydroxylation sites is 3. The van der Waals surface area contributed by atoms with Crippen molar-refractivity contribution in [2.24, 2.45) is 0 Å². The number of aliphatic hydroxyl groups is 1. The first-order valence-electron chi connectivity index (χ1n) is 8.76. The number of nitrogens with one attached hydrogen (secondary N) is 1. The van der Waals surface area contributed by atoms with Crippen molar-refractivity contribution in [1.29, 1.82) is 5.26 Å². The van der Waals surface area contributed by atoms with Gasteiger partial charge in [-0.1, -0.05) is 37.3 Å². The van der Waals surface area contributed by atoms with Crippen molar-refractivity contribution in [1.82, 2.24) is 9.97 Å². The number of nitriles is 1. The molecule has 1 aromatic heterocycles. The fourth-order valence-electron chi connectivity index (χ4n) is 2.66. The Bertz CT molecular complexity index is 1030. The number of nitrogens with zero attached hydrogens (tertiary/aromatic N) is 2. The number of H-pyrrole nitrogens is 1. The molecular weight excluding hydrogens is 358 g/mol. The minimum Gasteiger partial charge on any atom is -0.507 e. The fraction of sp³-hybridized carbons (Fsp3) is 0.190. The smallest absolute Gasteiger partial charge is 0.344 e. The monoisotopic (exact) mass is 377 g/mol. The summed E-state index contributed by atoms with van der Waals surface area (Å²) >= 11 is 0. The minimum absolute atomic E-state index is 0.0822. The maximum atomic E-state index is 11.9. The number of aromatic nitrogens is 2. The summed E-state index contributed by atoms with van der Waals surface area (Å²) in [6.45, 7) is 1.25. The molecule has 2 aromatic carbocycles. The second-order valence-corrected chi connectivity index (χ2v) is 5.95. The molecule has 1 heterocycles. The third kappa shape index (κ3) is 4.30. The van der Waals surface area contributed by atoms with Crippen molar-refractivity contribution in [3.05, 3.63) is 65.7 Å². The summed E-state index contributed by atoms with van der Waals surface area (Å²) in [5.74, 6) is -0.213. The zero-order chi connectivity index (χ0) is 19.9. The highest BCUT2D eigenvalue weighted by molar-refractivity contribution is 5.83. The predicted octanol–water partition coefficient (Wildman–Crippen LogP) is 3.54. The average molecular weight is 377 g/mol. The van der Waals surface area contributed by atoms with Gasteiger partial charge in [0.05, 0.1) is 11.0 Å². The lowest BCUT2D eigenvalue weighted by atomic mass is 10.1. The van der Waals surface area contributed by atoms with E-state index in [4.69, 9.17) is 9.47 Å². The van der Waals surface area contributed by atoms with Gasteiger partial charge in [-0.25, -0.2) is 9.78 Å². The normalized spacial score (nSPS) is 11.6. The molecule has 7 nitrogen and oxygen atoms in total. The van der Waals surface area contributed by atoms with Crippen LogP contribution in [0.25, 0.3) is 16.6 Å². The Labute approximate surface area is 161 Å². The van der Waals surface area contributed by atoms with Gasteiger partial charge in [0.1, 0.15) is 24.0 Å². The Morgan fingerprint density at radius 1 is 1.18 bits per heavy atom. The number of aryl methyl sites for hydroxylation is 1. The molecule has 0 aliphatic carbocycles. The number of hydrogen-bond donors (Lipinski definition) is 2. The van der Waals surface area contributed by atoms with Crippen LogP contribution in [0.15, 0.2) is 54.3 Å². The number of carbonyl (C=O) groups excluding carboxylic acids is 1. The molecule has 0 saturated carbocycles. The molecule has 0 atom stereocenters. The Morgan fingerprint density at radius 3 is 2.68 bits per heavy atom. The van der Waals surface area contributed by atoms with Gasteiger partial charge in [0.25, 0.3) is 0 Å². The van der Waals surface area contributed by atoms with E-state index in [1.54, 1.807) is 12.1 Å².